The standard InChI is InChI=1S/C9H5BrN2O4/c10-7-1-2-8(12(15)16)5(3-9(13)14)6(7)4-11/h1-2H,3H2,(H,13,14). The van der Waals surface area contributed by atoms with Gasteiger partial charge < -0.3 is 5.11 Å². The lowest BCUT2D eigenvalue weighted by Gasteiger charge is -2.04. The molecule has 6 nitrogen and oxygen atoms in total. The molecule has 0 aromatic heterocycles. The lowest BCUT2D eigenvalue weighted by atomic mass is 10.0. The normalized spacial score (nSPS) is 9.50. The van der Waals surface area contributed by atoms with Gasteiger partial charge in [-0.25, -0.2) is 0 Å². The van der Waals surface area contributed by atoms with Crippen molar-refractivity contribution in [1.82, 2.24) is 0 Å². The highest BCUT2D eigenvalue weighted by Crippen LogP contribution is 2.28. The predicted molar refractivity (Wildman–Crippen MR) is 56.9 cm³/mol. The number of hydrogen-bond donors (Lipinski definition) is 1. The van der Waals surface area contributed by atoms with Gasteiger partial charge in [-0.3, -0.25) is 14.9 Å². The average Bonchev–Trinajstić information content (AvgIpc) is 2.16. The van der Waals surface area contributed by atoms with Crippen molar-refractivity contribution in [3.8, 4) is 6.07 Å². The maximum Gasteiger partial charge on any atom is 0.308 e. The minimum absolute atomic E-state index is 0.0170. The van der Waals surface area contributed by atoms with Gasteiger partial charge in [-0.15, -0.1) is 0 Å². The Labute approximate surface area is 98.4 Å². The summed E-state index contributed by atoms with van der Waals surface area (Å²) in [6.45, 7) is 0. The first-order chi connectivity index (χ1) is 7.47. The fourth-order valence-electron chi connectivity index (χ4n) is 1.23. The van der Waals surface area contributed by atoms with Crippen LogP contribution in [-0.2, 0) is 11.2 Å². The molecule has 1 aromatic carbocycles. The summed E-state index contributed by atoms with van der Waals surface area (Å²) in [5.41, 5.74) is -0.465. The van der Waals surface area contributed by atoms with Crippen LogP contribution in [0.3, 0.4) is 0 Å². The lowest BCUT2D eigenvalue weighted by Crippen LogP contribution is -2.06. The Balaban J connectivity index is 3.48. The van der Waals surface area contributed by atoms with Gasteiger partial charge >= 0.3 is 5.97 Å². The van der Waals surface area contributed by atoms with Crippen LogP contribution in [0.25, 0.3) is 0 Å². The first-order valence-corrected chi connectivity index (χ1v) is 4.84. The largest absolute Gasteiger partial charge is 0.481 e. The zero-order valence-corrected chi connectivity index (χ0v) is 9.39. The van der Waals surface area contributed by atoms with E-state index < -0.39 is 17.3 Å². The third kappa shape index (κ3) is 2.35. The fraction of sp³-hybridized carbons (Fsp3) is 0.111. The summed E-state index contributed by atoms with van der Waals surface area (Å²) in [7, 11) is 0. The highest BCUT2D eigenvalue weighted by Gasteiger charge is 2.21. The predicted octanol–water partition coefficient (Wildman–Crippen LogP) is 1.86. The summed E-state index contributed by atoms with van der Waals surface area (Å²) in [5, 5.41) is 28.1. The van der Waals surface area contributed by atoms with E-state index in [0.29, 0.717) is 4.47 Å². The number of hydrogen-bond acceptors (Lipinski definition) is 4. The number of carbonyl (C=O) groups is 1. The molecule has 0 aliphatic rings. The summed E-state index contributed by atoms with van der Waals surface area (Å²) in [6, 6.07) is 4.27. The molecule has 1 rings (SSSR count). The van der Waals surface area contributed by atoms with E-state index in [1.54, 1.807) is 6.07 Å². The Bertz CT molecular complexity index is 507. The number of halogens is 1. The van der Waals surface area contributed by atoms with E-state index in [2.05, 4.69) is 15.9 Å². The molecule has 0 unspecified atom stereocenters. The molecule has 0 heterocycles. The molecule has 0 aliphatic heterocycles. The van der Waals surface area contributed by atoms with Crippen LogP contribution >= 0.6 is 15.9 Å². The highest BCUT2D eigenvalue weighted by molar-refractivity contribution is 9.10. The number of rotatable bonds is 3. The summed E-state index contributed by atoms with van der Waals surface area (Å²) < 4.78 is 0.344. The van der Waals surface area contributed by atoms with E-state index in [1.165, 1.54) is 12.1 Å². The van der Waals surface area contributed by atoms with Gasteiger partial charge in [0.2, 0.25) is 0 Å². The number of nitro benzene ring substituents is 1. The molecule has 0 aliphatic carbocycles. The van der Waals surface area contributed by atoms with Crippen LogP contribution in [0.4, 0.5) is 5.69 Å². The molecular weight excluding hydrogens is 280 g/mol. The Morgan fingerprint density at radius 1 is 1.62 bits per heavy atom. The Morgan fingerprint density at radius 3 is 2.69 bits per heavy atom. The van der Waals surface area contributed by atoms with E-state index >= 15 is 0 Å². The van der Waals surface area contributed by atoms with Crippen molar-refractivity contribution in [3.63, 3.8) is 0 Å². The number of nitro groups is 1. The first-order valence-electron chi connectivity index (χ1n) is 4.05. The molecule has 0 bridgehead atoms. The molecular formula is C9H5BrN2O4. The van der Waals surface area contributed by atoms with Gasteiger partial charge in [0, 0.05) is 10.5 Å². The molecule has 0 saturated carbocycles. The second-order valence-electron chi connectivity index (χ2n) is 2.86. The topological polar surface area (TPSA) is 104 Å². The molecule has 82 valence electrons. The fourth-order valence-corrected chi connectivity index (χ4v) is 1.69. The van der Waals surface area contributed by atoms with E-state index in [0.717, 1.165) is 0 Å². The molecule has 0 saturated heterocycles. The van der Waals surface area contributed by atoms with Crippen LogP contribution < -0.4 is 0 Å². The van der Waals surface area contributed by atoms with Gasteiger partial charge in [-0.05, 0) is 22.0 Å². The van der Waals surface area contributed by atoms with Crippen molar-refractivity contribution in [2.75, 3.05) is 0 Å². The Hall–Kier alpha value is -1.94. The third-order valence-corrected chi connectivity index (χ3v) is 2.53. The van der Waals surface area contributed by atoms with Crippen LogP contribution in [-0.4, -0.2) is 16.0 Å². The van der Waals surface area contributed by atoms with E-state index in [9.17, 15) is 14.9 Å². The number of benzene rings is 1. The quantitative estimate of drug-likeness (QED) is 0.674. The molecule has 0 radical (unpaired) electrons. The maximum absolute atomic E-state index is 10.7. The lowest BCUT2D eigenvalue weighted by molar-refractivity contribution is -0.385. The SMILES string of the molecule is N#Cc1c(Br)ccc([N+](=O)[O-])c1CC(=O)O. The minimum Gasteiger partial charge on any atom is -0.481 e. The van der Waals surface area contributed by atoms with Crippen molar-refractivity contribution in [1.29, 1.82) is 5.26 Å². The number of nitriles is 1. The van der Waals surface area contributed by atoms with Crippen molar-refractivity contribution in [2.45, 2.75) is 6.42 Å². The molecule has 1 aromatic rings. The van der Waals surface area contributed by atoms with Crippen molar-refractivity contribution < 1.29 is 14.8 Å². The monoisotopic (exact) mass is 284 g/mol. The number of carboxylic acid groups (broad SMARTS) is 1. The molecule has 0 atom stereocenters. The molecule has 1 N–H and O–H groups in total. The molecule has 0 fully saturated rings. The second kappa shape index (κ2) is 4.72. The van der Waals surface area contributed by atoms with Crippen molar-refractivity contribution in [2.24, 2.45) is 0 Å². The third-order valence-electron chi connectivity index (χ3n) is 1.87. The Kier molecular flexibility index (Phi) is 3.58. The van der Waals surface area contributed by atoms with Gasteiger partial charge in [0.15, 0.2) is 0 Å². The van der Waals surface area contributed by atoms with Crippen LogP contribution in [0.5, 0.6) is 0 Å². The van der Waals surface area contributed by atoms with Gasteiger partial charge in [0.05, 0.1) is 22.5 Å². The smallest absolute Gasteiger partial charge is 0.308 e. The van der Waals surface area contributed by atoms with E-state index in [-0.39, 0.29) is 16.8 Å². The number of nitrogens with zero attached hydrogens (tertiary/aromatic N) is 2. The number of carboxylic acids is 1. The van der Waals surface area contributed by atoms with Gasteiger partial charge in [0.1, 0.15) is 6.07 Å². The summed E-state index contributed by atoms with van der Waals surface area (Å²) in [6.07, 6.45) is -0.557. The second-order valence-corrected chi connectivity index (χ2v) is 3.71. The Morgan fingerprint density at radius 2 is 2.25 bits per heavy atom. The highest BCUT2D eigenvalue weighted by atomic mass is 79.9. The van der Waals surface area contributed by atoms with E-state index in [1.807, 2.05) is 0 Å². The van der Waals surface area contributed by atoms with Crippen molar-refractivity contribution >= 4 is 27.6 Å². The average molecular weight is 285 g/mol. The molecule has 7 heteroatoms. The van der Waals surface area contributed by atoms with Crippen LogP contribution in [0, 0.1) is 21.4 Å². The van der Waals surface area contributed by atoms with Gasteiger partial charge in [0.25, 0.3) is 5.69 Å². The van der Waals surface area contributed by atoms with Crippen LogP contribution in [0.1, 0.15) is 11.1 Å². The zero-order chi connectivity index (χ0) is 12.3. The van der Waals surface area contributed by atoms with E-state index in [4.69, 9.17) is 10.4 Å². The van der Waals surface area contributed by atoms with Crippen molar-refractivity contribution in [3.05, 3.63) is 37.8 Å². The summed E-state index contributed by atoms with van der Waals surface area (Å²) in [4.78, 5) is 20.5. The minimum atomic E-state index is -1.22. The van der Waals surface area contributed by atoms with Crippen LogP contribution in [0.15, 0.2) is 16.6 Å². The summed E-state index contributed by atoms with van der Waals surface area (Å²) in [5.74, 6) is -1.22. The maximum atomic E-state index is 10.7. The summed E-state index contributed by atoms with van der Waals surface area (Å²) >= 11 is 3.04. The number of aliphatic carboxylic acids is 1. The molecule has 16 heavy (non-hydrogen) atoms. The molecule has 0 amide bonds. The van der Waals surface area contributed by atoms with Gasteiger partial charge in [-0.1, -0.05) is 0 Å². The first kappa shape index (κ1) is 12.1. The van der Waals surface area contributed by atoms with Crippen LogP contribution in [0.2, 0.25) is 0 Å². The molecule has 0 spiro atoms. The zero-order valence-electron chi connectivity index (χ0n) is 7.81. The van der Waals surface area contributed by atoms with Gasteiger partial charge in [-0.2, -0.15) is 5.26 Å².